The smallest absolute Gasteiger partial charge is 0.319 e. The number of hydrogen-bond acceptors (Lipinski definition) is 8. The van der Waals surface area contributed by atoms with Gasteiger partial charge < -0.3 is 35.4 Å². The van der Waals surface area contributed by atoms with E-state index in [1.54, 1.807) is 12.1 Å². The van der Waals surface area contributed by atoms with Gasteiger partial charge in [-0.3, -0.25) is 0 Å². The van der Waals surface area contributed by atoms with Crippen molar-refractivity contribution in [2.45, 2.75) is 50.6 Å². The predicted molar refractivity (Wildman–Crippen MR) is 102 cm³/mol. The summed E-state index contributed by atoms with van der Waals surface area (Å²) in [5.74, 6) is 0.241. The van der Waals surface area contributed by atoms with Crippen molar-refractivity contribution in [1.29, 1.82) is 0 Å². The minimum absolute atomic E-state index is 0.0268. The Morgan fingerprint density at radius 1 is 1.17 bits per heavy atom. The second-order valence-corrected chi connectivity index (χ2v) is 8.18. The van der Waals surface area contributed by atoms with E-state index in [0.717, 1.165) is 0 Å². The van der Waals surface area contributed by atoms with E-state index in [1.165, 1.54) is 12.1 Å². The Kier molecular flexibility index (Phi) is 7.76. The number of benzene rings is 1. The summed E-state index contributed by atoms with van der Waals surface area (Å²) in [6.07, 6.45) is -7.39. The zero-order valence-corrected chi connectivity index (χ0v) is 16.7. The van der Waals surface area contributed by atoms with Gasteiger partial charge in [0.2, 0.25) is 6.29 Å². The molecule has 1 aromatic rings. The van der Waals surface area contributed by atoms with E-state index in [4.69, 9.17) is 14.6 Å². The Labute approximate surface area is 168 Å². The fourth-order valence-electron chi connectivity index (χ4n) is 2.56. The first-order valence-corrected chi connectivity index (χ1v) is 10.3. The first-order valence-electron chi connectivity index (χ1n) is 8.77. The van der Waals surface area contributed by atoms with Gasteiger partial charge in [-0.1, -0.05) is 0 Å². The second-order valence-electron chi connectivity index (χ2n) is 6.80. The monoisotopic (exact) mass is 434 g/mol. The van der Waals surface area contributed by atoms with E-state index in [9.17, 15) is 28.5 Å². The number of aliphatic hydroxyl groups excluding tert-OH is 3. The van der Waals surface area contributed by atoms with Crippen molar-refractivity contribution in [3.8, 4) is 5.75 Å². The first kappa shape index (κ1) is 23.3. The second kappa shape index (κ2) is 9.67. The van der Waals surface area contributed by atoms with Gasteiger partial charge in [-0.25, -0.2) is 9.93 Å². The van der Waals surface area contributed by atoms with E-state index in [-0.39, 0.29) is 17.8 Å². The van der Waals surface area contributed by atoms with Gasteiger partial charge in [0.05, 0.1) is 0 Å². The van der Waals surface area contributed by atoms with E-state index in [1.807, 2.05) is 18.6 Å². The van der Waals surface area contributed by atoms with Crippen molar-refractivity contribution < 1.29 is 38.0 Å². The lowest BCUT2D eigenvalue weighted by Crippen LogP contribution is -2.61. The lowest BCUT2D eigenvalue weighted by molar-refractivity contribution is -0.270. The van der Waals surface area contributed by atoms with Crippen LogP contribution in [0.25, 0.3) is 0 Å². The molecule has 2 amide bonds. The predicted octanol–water partition coefficient (Wildman–Crippen LogP) is -1.80. The van der Waals surface area contributed by atoms with Crippen molar-refractivity contribution in [1.82, 2.24) is 10.0 Å². The summed E-state index contributed by atoms with van der Waals surface area (Å²) in [6, 6.07) is 5.69. The zero-order chi connectivity index (χ0) is 21.8. The van der Waals surface area contributed by atoms with Gasteiger partial charge in [-0.15, -0.1) is 0 Å². The summed E-state index contributed by atoms with van der Waals surface area (Å²) in [6.45, 7) is 3.21. The molecule has 164 valence electrons. The third kappa shape index (κ3) is 7.08. The number of aliphatic hydroxyl groups is 3. The van der Waals surface area contributed by atoms with Gasteiger partial charge in [0.25, 0.3) is 10.2 Å². The van der Waals surface area contributed by atoms with Crippen LogP contribution in [-0.4, -0.2) is 73.1 Å². The van der Waals surface area contributed by atoms with Crippen molar-refractivity contribution >= 4 is 21.9 Å². The summed E-state index contributed by atoms with van der Waals surface area (Å²) in [7, 11) is -4.04. The van der Waals surface area contributed by atoms with E-state index >= 15 is 0 Å². The number of anilines is 1. The number of rotatable bonds is 7. The molecule has 5 atom stereocenters. The summed E-state index contributed by atoms with van der Waals surface area (Å²) in [4.78, 5) is 11.7. The molecule has 0 aliphatic carbocycles. The van der Waals surface area contributed by atoms with Crippen molar-refractivity contribution in [2.24, 2.45) is 5.14 Å². The van der Waals surface area contributed by atoms with Crippen LogP contribution < -0.4 is 25.2 Å². The third-order valence-corrected chi connectivity index (χ3v) is 4.51. The Morgan fingerprint density at radius 2 is 1.79 bits per heavy atom. The molecule has 0 aromatic heterocycles. The van der Waals surface area contributed by atoms with Crippen LogP contribution in [0.4, 0.5) is 10.5 Å². The Hall–Kier alpha value is -2.00. The number of urea groups is 1. The molecule has 12 nitrogen and oxygen atoms in total. The molecule has 1 aromatic carbocycles. The van der Waals surface area contributed by atoms with Crippen LogP contribution in [0.3, 0.4) is 0 Å². The van der Waals surface area contributed by atoms with Crippen LogP contribution >= 0.6 is 0 Å². The molecule has 0 bridgehead atoms. The van der Waals surface area contributed by atoms with Crippen molar-refractivity contribution in [3.63, 3.8) is 0 Å². The molecular weight excluding hydrogens is 408 g/mol. The number of carbonyl (C=O) groups excluding carboxylic acids is 1. The number of hydrogen-bond donors (Lipinski definition) is 7. The molecule has 13 heteroatoms. The molecule has 0 saturated carbocycles. The first-order chi connectivity index (χ1) is 13.5. The largest absolute Gasteiger partial charge is 0.462 e. The van der Waals surface area contributed by atoms with Crippen LogP contribution in [0, 0.1) is 0 Å². The number of amides is 2. The van der Waals surface area contributed by atoms with Crippen LogP contribution in [0.2, 0.25) is 0 Å². The van der Waals surface area contributed by atoms with Crippen LogP contribution in [-0.2, 0) is 14.9 Å². The maximum atomic E-state index is 11.7. The van der Waals surface area contributed by atoms with Gasteiger partial charge in [-0.2, -0.15) is 13.1 Å². The summed E-state index contributed by atoms with van der Waals surface area (Å²) < 4.78 is 34.9. The maximum Gasteiger partial charge on any atom is 0.319 e. The normalized spacial score (nSPS) is 27.5. The van der Waals surface area contributed by atoms with E-state index < -0.39 is 47.5 Å². The highest BCUT2D eigenvalue weighted by atomic mass is 32.2. The minimum Gasteiger partial charge on any atom is -0.462 e. The Balaban J connectivity index is 2.00. The SMILES string of the molecule is CC(C)NC(=O)Nc1ccc(O[C@H]2O[C@H](CNS(N)(=O)=O)[C@@H](O)[C@H](O)[C@@H]2O)cc1. The van der Waals surface area contributed by atoms with Crippen LogP contribution in [0.15, 0.2) is 24.3 Å². The molecule has 1 heterocycles. The number of nitrogens with two attached hydrogens (primary N) is 1. The zero-order valence-electron chi connectivity index (χ0n) is 15.8. The maximum absolute atomic E-state index is 11.7. The average Bonchev–Trinajstić information content (AvgIpc) is 2.61. The third-order valence-electron chi connectivity index (χ3n) is 3.94. The van der Waals surface area contributed by atoms with Gasteiger partial charge in [0.15, 0.2) is 0 Å². The molecule has 1 saturated heterocycles. The number of ether oxygens (including phenoxy) is 2. The fourth-order valence-corrected chi connectivity index (χ4v) is 2.96. The highest BCUT2D eigenvalue weighted by Crippen LogP contribution is 2.25. The molecule has 0 radical (unpaired) electrons. The summed E-state index contributed by atoms with van der Waals surface area (Å²) >= 11 is 0. The summed E-state index contributed by atoms with van der Waals surface area (Å²) in [5.41, 5.74) is 0.492. The van der Waals surface area contributed by atoms with Gasteiger partial charge in [0, 0.05) is 18.3 Å². The molecule has 29 heavy (non-hydrogen) atoms. The van der Waals surface area contributed by atoms with Gasteiger partial charge in [-0.05, 0) is 38.1 Å². The standard InChI is InChI=1S/C16H26N4O8S/c1-8(2)19-16(24)20-9-3-5-10(6-4-9)27-15-14(23)13(22)12(21)11(28-15)7-18-29(17,25)26/h3-6,8,11-15,18,21-23H,7H2,1-2H3,(H2,17,25,26)(H2,19,20,24)/t11-,12-,13+,14+,15+/m1/s1. The number of nitrogens with one attached hydrogen (secondary N) is 3. The highest BCUT2D eigenvalue weighted by molar-refractivity contribution is 7.87. The van der Waals surface area contributed by atoms with E-state index in [2.05, 4.69) is 10.6 Å². The molecule has 1 fully saturated rings. The van der Waals surface area contributed by atoms with Crippen molar-refractivity contribution in [2.75, 3.05) is 11.9 Å². The Bertz CT molecular complexity index is 789. The minimum atomic E-state index is -4.04. The van der Waals surface area contributed by atoms with E-state index in [0.29, 0.717) is 5.69 Å². The molecule has 8 N–H and O–H groups in total. The summed E-state index contributed by atoms with van der Waals surface area (Å²) in [5, 5.41) is 40.2. The van der Waals surface area contributed by atoms with Gasteiger partial charge >= 0.3 is 6.03 Å². The average molecular weight is 434 g/mol. The quantitative estimate of drug-likeness (QED) is 0.261. The molecule has 1 aliphatic heterocycles. The highest BCUT2D eigenvalue weighted by Gasteiger charge is 2.45. The van der Waals surface area contributed by atoms with Gasteiger partial charge in [0.1, 0.15) is 30.2 Å². The molecule has 2 rings (SSSR count). The lowest BCUT2D eigenvalue weighted by Gasteiger charge is -2.40. The Morgan fingerprint density at radius 3 is 2.34 bits per heavy atom. The topological polar surface area (TPSA) is 192 Å². The molecular formula is C16H26N4O8S. The number of carbonyl (C=O) groups is 1. The van der Waals surface area contributed by atoms with Crippen molar-refractivity contribution in [3.05, 3.63) is 24.3 Å². The van der Waals surface area contributed by atoms with Crippen LogP contribution in [0.5, 0.6) is 5.75 Å². The fraction of sp³-hybridized carbons (Fsp3) is 0.562. The molecule has 1 aliphatic rings. The van der Waals surface area contributed by atoms with Crippen LogP contribution in [0.1, 0.15) is 13.8 Å². The molecule has 0 spiro atoms. The lowest BCUT2D eigenvalue weighted by atomic mass is 9.99. The molecule has 0 unspecified atom stereocenters.